The van der Waals surface area contributed by atoms with Crippen LogP contribution in [0, 0.1) is 5.92 Å². The molecule has 0 aromatic carbocycles. The van der Waals surface area contributed by atoms with Crippen LogP contribution in [-0.4, -0.2) is 47.3 Å². The highest BCUT2D eigenvalue weighted by Gasteiger charge is 2.37. The second kappa shape index (κ2) is 11.8. The number of carbonyl (C=O) groups is 1. The van der Waals surface area contributed by atoms with E-state index in [2.05, 4.69) is 13.0 Å². The zero-order valence-electron chi connectivity index (χ0n) is 18.7. The number of likely N-dealkylation sites (tertiary alicyclic amines) is 1. The first-order valence-electron chi connectivity index (χ1n) is 12.0. The number of carbonyl (C=O) groups excluding carboxylic acids is 1. The maximum atomic E-state index is 12.6. The molecule has 1 saturated heterocycles. The van der Waals surface area contributed by atoms with Crippen molar-refractivity contribution < 1.29 is 26.8 Å². The minimum absolute atomic E-state index is 0. The van der Waals surface area contributed by atoms with E-state index in [-0.39, 0.29) is 30.0 Å². The standard InChI is InChI=1S/C24H36N2O3S.ClH/c1-2-3-13-30-22-9-5-4-8-21(22)29-24(28)11-12-25-15-18-14-19(17-25)20-7-6-10-23(27)26(20)16-18;/h6-7,10,18-19,21-22H,2-5,8-9,11-17H2,1H3;1H/t18-,19-,21?,22?;/m0./s1. The molecule has 3 unspecified atom stereocenters. The average molecular weight is 469 g/mol. The maximum Gasteiger partial charge on any atom is 0.311 e. The number of unbranched alkanes of at least 4 members (excludes halogenated alkanes) is 1. The molecule has 1 aromatic heterocycles. The lowest BCUT2D eigenvalue weighted by Gasteiger charge is -2.40. The summed E-state index contributed by atoms with van der Waals surface area (Å²) in [6, 6.07) is 5.67. The van der Waals surface area contributed by atoms with Crippen LogP contribution < -0.4 is 22.9 Å². The summed E-state index contributed by atoms with van der Waals surface area (Å²) in [6.45, 7) is 5.99. The molecule has 2 fully saturated rings. The molecule has 2 aliphatic heterocycles. The first kappa shape index (κ1) is 24.7. The lowest BCUT2D eigenvalue weighted by atomic mass is 9.83. The number of rotatable bonds is 8. The van der Waals surface area contributed by atoms with E-state index in [9.17, 15) is 9.59 Å². The smallest absolute Gasteiger partial charge is 0.311 e. The Bertz CT molecular complexity index is 786. The number of hydrogen-bond acceptors (Lipinski definition) is 4. The van der Waals surface area contributed by atoms with Gasteiger partial charge in [-0.25, -0.2) is 0 Å². The van der Waals surface area contributed by atoms with E-state index in [1.54, 1.807) is 6.07 Å². The van der Waals surface area contributed by atoms with Crippen molar-refractivity contribution in [2.45, 2.75) is 82.1 Å². The maximum absolute atomic E-state index is 12.6. The lowest BCUT2D eigenvalue weighted by Crippen LogP contribution is -3.14. The Balaban J connectivity index is 0.00000272. The van der Waals surface area contributed by atoms with Gasteiger partial charge in [-0.2, -0.15) is 11.8 Å². The van der Waals surface area contributed by atoms with Crippen LogP contribution in [0.25, 0.3) is 0 Å². The predicted octanol–water partition coefficient (Wildman–Crippen LogP) is -0.368. The Hall–Kier alpha value is -0.980. The number of nitrogens with one attached hydrogen (secondary N) is 1. The molecular weight excluding hydrogens is 432 g/mol. The van der Waals surface area contributed by atoms with Crippen LogP contribution in [0.15, 0.2) is 23.0 Å². The second-order valence-corrected chi connectivity index (χ2v) is 10.8. The number of halogens is 1. The topological polar surface area (TPSA) is 52.7 Å². The number of quaternary nitrogens is 1. The summed E-state index contributed by atoms with van der Waals surface area (Å²) < 4.78 is 7.95. The van der Waals surface area contributed by atoms with E-state index in [1.165, 1.54) is 54.9 Å². The van der Waals surface area contributed by atoms with E-state index in [4.69, 9.17) is 4.74 Å². The van der Waals surface area contributed by atoms with Gasteiger partial charge in [0.15, 0.2) is 0 Å². The molecule has 3 aliphatic rings. The molecule has 0 amide bonds. The fourth-order valence-corrected chi connectivity index (χ4v) is 7.10. The van der Waals surface area contributed by atoms with Crippen LogP contribution in [0.3, 0.4) is 0 Å². The normalized spacial score (nSPS) is 29.5. The Morgan fingerprint density at radius 2 is 2.10 bits per heavy atom. The summed E-state index contributed by atoms with van der Waals surface area (Å²) in [5.74, 6) is 2.15. The van der Waals surface area contributed by atoms with Gasteiger partial charge in [0, 0.05) is 35.4 Å². The van der Waals surface area contributed by atoms with Crippen molar-refractivity contribution in [3.8, 4) is 0 Å². The number of nitrogens with zero attached hydrogens (tertiary/aromatic N) is 1. The predicted molar refractivity (Wildman–Crippen MR) is 121 cm³/mol. The number of thioether (sulfide) groups is 1. The SMILES string of the molecule is CCCCSC1CCCCC1OC(=O)CC[NH+]1C[C@@H]2C[C@@H](C1)c1cccc(=O)n1C2.[Cl-]. The van der Waals surface area contributed by atoms with Crippen LogP contribution in [0.4, 0.5) is 0 Å². The zero-order valence-corrected chi connectivity index (χ0v) is 20.3. The molecular formula is C24H37ClN2O3S. The van der Waals surface area contributed by atoms with Crippen LogP contribution in [0.5, 0.6) is 0 Å². The monoisotopic (exact) mass is 468 g/mol. The average Bonchev–Trinajstić information content (AvgIpc) is 2.74. The quantitative estimate of drug-likeness (QED) is 0.418. The first-order chi connectivity index (χ1) is 14.6. The van der Waals surface area contributed by atoms with Gasteiger partial charge in [-0.05, 0) is 43.9 Å². The molecule has 5 atom stereocenters. The Kier molecular flexibility index (Phi) is 9.35. The van der Waals surface area contributed by atoms with Gasteiger partial charge in [0.2, 0.25) is 0 Å². The highest BCUT2D eigenvalue weighted by Crippen LogP contribution is 2.32. The van der Waals surface area contributed by atoms with Crippen molar-refractivity contribution in [3.05, 3.63) is 34.2 Å². The molecule has 7 heteroatoms. The third kappa shape index (κ3) is 6.29. The molecule has 2 bridgehead atoms. The Morgan fingerprint density at radius 3 is 2.94 bits per heavy atom. The van der Waals surface area contributed by atoms with Crippen LogP contribution >= 0.6 is 11.8 Å². The van der Waals surface area contributed by atoms with E-state index < -0.39 is 0 Å². The summed E-state index contributed by atoms with van der Waals surface area (Å²) in [7, 11) is 0. The van der Waals surface area contributed by atoms with Crippen molar-refractivity contribution in [2.24, 2.45) is 5.92 Å². The summed E-state index contributed by atoms with van der Waals surface area (Å²) in [5.41, 5.74) is 1.32. The van der Waals surface area contributed by atoms with E-state index in [0.717, 1.165) is 32.6 Å². The number of esters is 1. The van der Waals surface area contributed by atoms with E-state index in [0.29, 0.717) is 23.5 Å². The number of pyridine rings is 1. The minimum Gasteiger partial charge on any atom is -1.00 e. The molecule has 1 aliphatic carbocycles. The summed E-state index contributed by atoms with van der Waals surface area (Å²) in [5, 5.41) is 0.491. The molecule has 1 aromatic rings. The number of fused-ring (bicyclic) bond motifs is 4. The Labute approximate surface area is 196 Å². The highest BCUT2D eigenvalue weighted by atomic mass is 35.5. The number of piperidine rings is 1. The second-order valence-electron chi connectivity index (χ2n) is 9.43. The molecule has 1 saturated carbocycles. The van der Waals surface area contributed by atoms with Crippen molar-refractivity contribution in [1.29, 1.82) is 0 Å². The molecule has 174 valence electrons. The molecule has 0 radical (unpaired) electrons. The van der Waals surface area contributed by atoms with Gasteiger partial charge in [0.1, 0.15) is 6.10 Å². The molecule has 3 heterocycles. The minimum atomic E-state index is -0.0113. The van der Waals surface area contributed by atoms with Crippen LogP contribution in [0.2, 0.25) is 0 Å². The molecule has 4 rings (SSSR count). The van der Waals surface area contributed by atoms with Gasteiger partial charge in [-0.1, -0.05) is 25.8 Å². The molecule has 0 spiro atoms. The third-order valence-electron chi connectivity index (χ3n) is 7.11. The van der Waals surface area contributed by atoms with Crippen molar-refractivity contribution in [1.82, 2.24) is 4.57 Å². The van der Waals surface area contributed by atoms with Gasteiger partial charge in [0.05, 0.1) is 26.1 Å². The van der Waals surface area contributed by atoms with Gasteiger partial charge in [-0.3, -0.25) is 9.59 Å². The zero-order chi connectivity index (χ0) is 20.9. The molecule has 5 nitrogen and oxygen atoms in total. The van der Waals surface area contributed by atoms with Crippen molar-refractivity contribution in [3.63, 3.8) is 0 Å². The van der Waals surface area contributed by atoms with Gasteiger partial charge in [0.25, 0.3) is 5.56 Å². The Morgan fingerprint density at radius 1 is 1.26 bits per heavy atom. The van der Waals surface area contributed by atoms with E-state index >= 15 is 0 Å². The lowest BCUT2D eigenvalue weighted by molar-refractivity contribution is -0.910. The fourth-order valence-electron chi connectivity index (χ4n) is 5.60. The van der Waals surface area contributed by atoms with Gasteiger partial charge >= 0.3 is 5.97 Å². The van der Waals surface area contributed by atoms with Crippen molar-refractivity contribution in [2.75, 3.05) is 25.4 Å². The number of aromatic nitrogens is 1. The third-order valence-corrected chi connectivity index (χ3v) is 8.60. The molecule has 1 N–H and O–H groups in total. The number of hydrogen-bond donors (Lipinski definition) is 1. The summed E-state index contributed by atoms with van der Waals surface area (Å²) in [4.78, 5) is 26.3. The van der Waals surface area contributed by atoms with Crippen LogP contribution in [-0.2, 0) is 16.1 Å². The van der Waals surface area contributed by atoms with E-state index in [1.807, 2.05) is 22.4 Å². The number of ether oxygens (including phenoxy) is 1. The van der Waals surface area contributed by atoms with Crippen molar-refractivity contribution >= 4 is 17.7 Å². The van der Waals surface area contributed by atoms with Crippen LogP contribution in [0.1, 0.15) is 69.9 Å². The fraction of sp³-hybridized carbons (Fsp3) is 0.750. The van der Waals surface area contributed by atoms with Gasteiger partial charge < -0.3 is 26.6 Å². The molecule has 31 heavy (non-hydrogen) atoms. The van der Waals surface area contributed by atoms with Gasteiger partial charge in [-0.15, -0.1) is 0 Å². The largest absolute Gasteiger partial charge is 1.00 e. The highest BCUT2D eigenvalue weighted by molar-refractivity contribution is 7.99. The summed E-state index contributed by atoms with van der Waals surface area (Å²) >= 11 is 2.01. The first-order valence-corrected chi connectivity index (χ1v) is 13.0. The summed E-state index contributed by atoms with van der Waals surface area (Å²) in [6.07, 6.45) is 8.94.